The first-order valence-corrected chi connectivity index (χ1v) is 10.7. The number of hydrogen-bond donors (Lipinski definition) is 0. The molecule has 1 aromatic heterocycles. The summed E-state index contributed by atoms with van der Waals surface area (Å²) in [5, 5.41) is 0. The van der Waals surface area contributed by atoms with Crippen LogP contribution in [0.2, 0.25) is 0 Å². The van der Waals surface area contributed by atoms with Gasteiger partial charge in [0, 0.05) is 19.3 Å². The fourth-order valence-corrected chi connectivity index (χ4v) is 4.87. The monoisotopic (exact) mass is 391 g/mol. The zero-order chi connectivity index (χ0) is 19.6. The number of ether oxygens (including phenoxy) is 1. The van der Waals surface area contributed by atoms with Crippen molar-refractivity contribution in [1.82, 2.24) is 9.55 Å². The van der Waals surface area contributed by atoms with Crippen molar-refractivity contribution in [1.29, 1.82) is 0 Å². The highest BCUT2D eigenvalue weighted by molar-refractivity contribution is 7.92. The number of nitrogens with zero attached hydrogens (tertiary/aromatic N) is 3. The highest BCUT2D eigenvalue weighted by Crippen LogP contribution is 2.28. The Labute approximate surface area is 160 Å². The smallest absolute Gasteiger partial charge is 0.358 e. The van der Waals surface area contributed by atoms with Crippen LogP contribution in [0, 0.1) is 0 Å². The van der Waals surface area contributed by atoms with Crippen molar-refractivity contribution in [3.63, 3.8) is 0 Å². The molecule has 1 aliphatic heterocycles. The van der Waals surface area contributed by atoms with Gasteiger partial charge in [-0.25, -0.2) is 22.5 Å². The molecule has 7 nitrogen and oxygen atoms in total. The third-order valence-corrected chi connectivity index (χ3v) is 6.53. The molecule has 27 heavy (non-hydrogen) atoms. The van der Waals surface area contributed by atoms with E-state index in [2.05, 4.69) is 11.9 Å². The van der Waals surface area contributed by atoms with E-state index in [1.54, 1.807) is 29.8 Å². The van der Waals surface area contributed by atoms with E-state index in [0.29, 0.717) is 19.5 Å². The third kappa shape index (κ3) is 3.58. The van der Waals surface area contributed by atoms with Crippen molar-refractivity contribution in [2.75, 3.05) is 17.5 Å². The van der Waals surface area contributed by atoms with Crippen LogP contribution in [-0.2, 0) is 34.1 Å². The maximum atomic E-state index is 13.3. The van der Waals surface area contributed by atoms with E-state index >= 15 is 0 Å². The molecular formula is C19H25N3O4S. The van der Waals surface area contributed by atoms with Gasteiger partial charge in [-0.15, -0.1) is 0 Å². The molecule has 0 spiro atoms. The minimum absolute atomic E-state index is 0.129. The molecule has 0 aliphatic carbocycles. The molecule has 0 N–H and O–H groups in total. The Kier molecular flexibility index (Phi) is 5.55. The van der Waals surface area contributed by atoms with Crippen molar-refractivity contribution < 1.29 is 17.9 Å². The van der Waals surface area contributed by atoms with Crippen molar-refractivity contribution in [3.05, 3.63) is 41.2 Å². The standard InChI is InChI=1S/C19H25N3O4S/c1-4-14-8-9-16(12-15(14)5-2)27(24,25)22-11-7-10-21-13-17(20-19(21)22)18(23)26-6-3/h8-9,12-13H,4-7,10-11H2,1-3H3. The number of imidazole rings is 1. The number of hydrogen-bond acceptors (Lipinski definition) is 5. The molecule has 3 rings (SSSR count). The highest BCUT2D eigenvalue weighted by Gasteiger charge is 2.32. The van der Waals surface area contributed by atoms with Crippen LogP contribution in [0.15, 0.2) is 29.3 Å². The van der Waals surface area contributed by atoms with Crippen LogP contribution in [0.3, 0.4) is 0 Å². The van der Waals surface area contributed by atoms with Gasteiger partial charge in [0.2, 0.25) is 5.95 Å². The Morgan fingerprint density at radius 2 is 1.89 bits per heavy atom. The molecule has 0 atom stereocenters. The van der Waals surface area contributed by atoms with E-state index in [1.165, 1.54) is 4.31 Å². The number of aryl methyl sites for hydroxylation is 3. The first kappa shape index (κ1) is 19.4. The summed E-state index contributed by atoms with van der Waals surface area (Å²) in [5.41, 5.74) is 2.32. The van der Waals surface area contributed by atoms with Crippen LogP contribution in [0.1, 0.15) is 48.8 Å². The molecule has 1 aromatic carbocycles. The van der Waals surface area contributed by atoms with Crippen molar-refractivity contribution in [3.8, 4) is 0 Å². The molecule has 0 saturated heterocycles. The van der Waals surface area contributed by atoms with Gasteiger partial charge in [-0.05, 0) is 49.4 Å². The van der Waals surface area contributed by atoms with Gasteiger partial charge in [0.15, 0.2) is 5.69 Å². The normalized spacial score (nSPS) is 14.1. The van der Waals surface area contributed by atoms with Crippen LogP contribution >= 0.6 is 0 Å². The summed E-state index contributed by atoms with van der Waals surface area (Å²) < 4.78 is 34.5. The van der Waals surface area contributed by atoms with Crippen LogP contribution < -0.4 is 4.31 Å². The number of carbonyl (C=O) groups is 1. The number of carbonyl (C=O) groups excluding carboxylic acids is 1. The van der Waals surface area contributed by atoms with Gasteiger partial charge in [-0.1, -0.05) is 19.9 Å². The predicted octanol–water partition coefficient (Wildman–Crippen LogP) is 2.78. The van der Waals surface area contributed by atoms with Crippen LogP contribution in [0.25, 0.3) is 0 Å². The summed E-state index contributed by atoms with van der Waals surface area (Å²) in [6, 6.07) is 5.29. The lowest BCUT2D eigenvalue weighted by Gasteiger charge is -2.28. The lowest BCUT2D eigenvalue weighted by molar-refractivity contribution is 0.0520. The molecule has 0 radical (unpaired) electrons. The molecule has 146 valence electrons. The minimum atomic E-state index is -3.76. The molecule has 0 amide bonds. The maximum absolute atomic E-state index is 13.3. The van der Waals surface area contributed by atoms with Crippen molar-refractivity contribution in [2.24, 2.45) is 0 Å². The van der Waals surface area contributed by atoms with E-state index < -0.39 is 16.0 Å². The zero-order valence-corrected chi connectivity index (χ0v) is 16.8. The average Bonchev–Trinajstić information content (AvgIpc) is 3.11. The van der Waals surface area contributed by atoms with E-state index in [0.717, 1.165) is 24.0 Å². The molecule has 0 saturated carbocycles. The number of fused-ring (bicyclic) bond motifs is 1. The van der Waals surface area contributed by atoms with Gasteiger partial charge >= 0.3 is 5.97 Å². The number of aromatic nitrogens is 2. The van der Waals surface area contributed by atoms with Crippen molar-refractivity contribution in [2.45, 2.75) is 51.5 Å². The number of anilines is 1. The molecule has 0 unspecified atom stereocenters. The molecule has 8 heteroatoms. The number of sulfonamides is 1. The number of rotatable bonds is 6. The Morgan fingerprint density at radius 3 is 2.56 bits per heavy atom. The van der Waals surface area contributed by atoms with E-state index in [-0.39, 0.29) is 23.1 Å². The number of benzene rings is 1. The van der Waals surface area contributed by atoms with Crippen LogP contribution in [0.4, 0.5) is 5.95 Å². The fourth-order valence-electron chi connectivity index (χ4n) is 3.35. The Balaban J connectivity index is 2.01. The van der Waals surface area contributed by atoms with Gasteiger partial charge < -0.3 is 9.30 Å². The summed E-state index contributed by atoms with van der Waals surface area (Å²) in [5.74, 6) is -0.278. The van der Waals surface area contributed by atoms with Gasteiger partial charge in [-0.3, -0.25) is 0 Å². The van der Waals surface area contributed by atoms with Gasteiger partial charge in [-0.2, -0.15) is 0 Å². The molecule has 0 fully saturated rings. The van der Waals surface area contributed by atoms with E-state index in [4.69, 9.17) is 4.74 Å². The molecule has 1 aliphatic rings. The summed E-state index contributed by atoms with van der Waals surface area (Å²) in [4.78, 5) is 16.5. The van der Waals surface area contributed by atoms with Crippen LogP contribution in [0.5, 0.6) is 0 Å². The lowest BCUT2D eigenvalue weighted by Crippen LogP contribution is -2.37. The Bertz CT molecular complexity index is 950. The quantitative estimate of drug-likeness (QED) is 0.707. The third-order valence-electron chi connectivity index (χ3n) is 4.75. The predicted molar refractivity (Wildman–Crippen MR) is 103 cm³/mol. The van der Waals surface area contributed by atoms with Gasteiger partial charge in [0.1, 0.15) is 0 Å². The second-order valence-corrected chi connectivity index (χ2v) is 8.27. The molecule has 0 bridgehead atoms. The van der Waals surface area contributed by atoms with E-state index in [9.17, 15) is 13.2 Å². The Hall–Kier alpha value is -2.35. The van der Waals surface area contributed by atoms with Crippen LogP contribution in [-0.4, -0.2) is 37.1 Å². The molecule has 2 heterocycles. The lowest BCUT2D eigenvalue weighted by atomic mass is 10.0. The summed E-state index contributed by atoms with van der Waals surface area (Å²) in [6.07, 6.45) is 3.85. The summed E-state index contributed by atoms with van der Waals surface area (Å²) in [6.45, 7) is 6.98. The molecular weight excluding hydrogens is 366 g/mol. The number of esters is 1. The largest absolute Gasteiger partial charge is 0.461 e. The zero-order valence-electron chi connectivity index (χ0n) is 15.9. The van der Waals surface area contributed by atoms with Gasteiger partial charge in [0.05, 0.1) is 11.5 Å². The summed E-state index contributed by atoms with van der Waals surface area (Å²) >= 11 is 0. The summed E-state index contributed by atoms with van der Waals surface area (Å²) in [7, 11) is -3.76. The second-order valence-electron chi connectivity index (χ2n) is 6.41. The molecule has 2 aromatic rings. The maximum Gasteiger partial charge on any atom is 0.358 e. The SMILES string of the molecule is CCOC(=O)c1cn2c(n1)N(S(=O)(=O)c1ccc(CC)c(CC)c1)CCC2. The second kappa shape index (κ2) is 7.72. The van der Waals surface area contributed by atoms with Gasteiger partial charge in [0.25, 0.3) is 10.0 Å². The first-order chi connectivity index (χ1) is 12.9. The van der Waals surface area contributed by atoms with E-state index in [1.807, 2.05) is 13.0 Å². The highest BCUT2D eigenvalue weighted by atomic mass is 32.2. The minimum Gasteiger partial charge on any atom is -0.461 e. The first-order valence-electron chi connectivity index (χ1n) is 9.31. The Morgan fingerprint density at radius 1 is 1.15 bits per heavy atom. The average molecular weight is 391 g/mol. The fraction of sp³-hybridized carbons (Fsp3) is 0.474. The van der Waals surface area contributed by atoms with Crippen molar-refractivity contribution >= 4 is 21.9 Å². The topological polar surface area (TPSA) is 81.5 Å².